The monoisotopic (exact) mass is 417 g/mol. The summed E-state index contributed by atoms with van der Waals surface area (Å²) < 4.78 is 45.6. The highest BCUT2D eigenvalue weighted by atomic mass is 19.4. The lowest BCUT2D eigenvalue weighted by atomic mass is 10.1. The Balaban J connectivity index is 1.77. The minimum atomic E-state index is -4.55. The molecule has 0 spiro atoms. The lowest BCUT2D eigenvalue weighted by Crippen LogP contribution is -2.23. The van der Waals surface area contributed by atoms with E-state index in [2.05, 4.69) is 15.2 Å². The van der Waals surface area contributed by atoms with Crippen LogP contribution < -0.4 is 5.32 Å². The fourth-order valence-corrected chi connectivity index (χ4v) is 2.93. The van der Waals surface area contributed by atoms with Gasteiger partial charge in [-0.05, 0) is 36.8 Å². The first-order valence-electron chi connectivity index (χ1n) is 8.89. The Kier molecular flexibility index (Phi) is 5.91. The van der Waals surface area contributed by atoms with E-state index in [1.165, 1.54) is 38.4 Å². The van der Waals surface area contributed by atoms with Crippen LogP contribution in [0.5, 0.6) is 0 Å². The number of nitrogens with one attached hydrogen (secondary N) is 1. The second-order valence-corrected chi connectivity index (χ2v) is 6.44. The fraction of sp³-hybridized carbons (Fsp3) is 0.190. The van der Waals surface area contributed by atoms with Crippen molar-refractivity contribution in [2.24, 2.45) is 0 Å². The number of para-hydroxylation sites is 1. The summed E-state index contributed by atoms with van der Waals surface area (Å²) in [5, 5.41) is 6.68. The maximum atomic E-state index is 13.3. The number of carbonyl (C=O) groups excluding carboxylic acids is 2. The summed E-state index contributed by atoms with van der Waals surface area (Å²) in [5.74, 6) is -0.937. The van der Waals surface area contributed by atoms with Crippen molar-refractivity contribution in [2.45, 2.75) is 19.6 Å². The number of benzene rings is 2. The van der Waals surface area contributed by atoms with Crippen LogP contribution in [0.2, 0.25) is 0 Å². The highest BCUT2D eigenvalue weighted by Crippen LogP contribution is 2.34. The molecule has 0 atom stereocenters. The van der Waals surface area contributed by atoms with Gasteiger partial charge in [-0.15, -0.1) is 0 Å². The predicted octanol–water partition coefficient (Wildman–Crippen LogP) is 3.92. The van der Waals surface area contributed by atoms with Gasteiger partial charge < -0.3 is 10.1 Å². The minimum Gasteiger partial charge on any atom is -0.465 e. The number of alkyl halides is 3. The van der Waals surface area contributed by atoms with E-state index < -0.39 is 23.6 Å². The molecular weight excluding hydrogens is 399 g/mol. The number of carbonyl (C=O) groups is 2. The van der Waals surface area contributed by atoms with Gasteiger partial charge in [0.05, 0.1) is 41.4 Å². The second kappa shape index (κ2) is 8.40. The molecule has 1 aromatic heterocycles. The molecule has 3 aromatic rings. The highest BCUT2D eigenvalue weighted by molar-refractivity contribution is 5.95. The van der Waals surface area contributed by atoms with E-state index in [0.717, 1.165) is 16.3 Å². The van der Waals surface area contributed by atoms with Crippen LogP contribution in [-0.4, -0.2) is 28.8 Å². The molecule has 1 N–H and O–H groups in total. The zero-order valence-corrected chi connectivity index (χ0v) is 16.2. The van der Waals surface area contributed by atoms with Gasteiger partial charge in [-0.1, -0.05) is 24.3 Å². The molecule has 30 heavy (non-hydrogen) atoms. The maximum Gasteiger partial charge on any atom is 0.418 e. The van der Waals surface area contributed by atoms with Crippen LogP contribution in [0.15, 0.2) is 54.7 Å². The quantitative estimate of drug-likeness (QED) is 0.639. The van der Waals surface area contributed by atoms with Crippen LogP contribution in [0.25, 0.3) is 5.69 Å². The van der Waals surface area contributed by atoms with Gasteiger partial charge in [-0.25, -0.2) is 9.48 Å². The summed E-state index contributed by atoms with van der Waals surface area (Å²) in [6, 6.07) is 11.5. The lowest BCUT2D eigenvalue weighted by Gasteiger charge is -2.14. The Bertz CT molecular complexity index is 1070. The van der Waals surface area contributed by atoms with E-state index in [0.29, 0.717) is 5.56 Å². The van der Waals surface area contributed by atoms with Crippen LogP contribution in [0.1, 0.15) is 37.5 Å². The zero-order valence-electron chi connectivity index (χ0n) is 16.2. The molecule has 1 amide bonds. The Morgan fingerprint density at radius 3 is 2.40 bits per heavy atom. The lowest BCUT2D eigenvalue weighted by molar-refractivity contribution is -0.137. The number of hydrogen-bond acceptors (Lipinski definition) is 4. The number of rotatable bonds is 5. The number of hydrogen-bond donors (Lipinski definition) is 1. The first-order chi connectivity index (χ1) is 14.2. The fourth-order valence-electron chi connectivity index (χ4n) is 2.93. The molecule has 6 nitrogen and oxygen atoms in total. The van der Waals surface area contributed by atoms with Crippen molar-refractivity contribution < 1.29 is 27.5 Å². The van der Waals surface area contributed by atoms with Gasteiger partial charge in [0.15, 0.2) is 0 Å². The number of esters is 1. The SMILES string of the molecule is COC(=O)c1ccc(CNC(=O)c2cnn(-c3ccccc3C(F)(F)F)c2C)cc1. The molecule has 0 saturated heterocycles. The van der Waals surface area contributed by atoms with Crippen LogP contribution in [0.4, 0.5) is 13.2 Å². The van der Waals surface area contributed by atoms with Crippen molar-refractivity contribution in [3.8, 4) is 5.69 Å². The molecule has 0 bridgehead atoms. The molecule has 3 rings (SSSR count). The van der Waals surface area contributed by atoms with E-state index in [1.54, 1.807) is 24.3 Å². The van der Waals surface area contributed by atoms with Crippen molar-refractivity contribution in [2.75, 3.05) is 7.11 Å². The van der Waals surface area contributed by atoms with Crippen molar-refractivity contribution in [1.29, 1.82) is 0 Å². The number of aromatic nitrogens is 2. The minimum absolute atomic E-state index is 0.153. The summed E-state index contributed by atoms with van der Waals surface area (Å²) in [4.78, 5) is 24.0. The Labute approximate surface area is 170 Å². The predicted molar refractivity (Wildman–Crippen MR) is 102 cm³/mol. The molecule has 2 aromatic carbocycles. The summed E-state index contributed by atoms with van der Waals surface area (Å²) in [6.45, 7) is 1.70. The maximum absolute atomic E-state index is 13.3. The van der Waals surface area contributed by atoms with Crippen LogP contribution in [-0.2, 0) is 17.5 Å². The molecule has 0 aliphatic rings. The third kappa shape index (κ3) is 4.35. The van der Waals surface area contributed by atoms with Gasteiger partial charge in [0.25, 0.3) is 5.91 Å². The smallest absolute Gasteiger partial charge is 0.418 e. The van der Waals surface area contributed by atoms with Crippen molar-refractivity contribution >= 4 is 11.9 Å². The van der Waals surface area contributed by atoms with Gasteiger partial charge in [0, 0.05) is 6.54 Å². The molecule has 0 aliphatic heterocycles. The number of methoxy groups -OCH3 is 1. The Hall–Kier alpha value is -3.62. The summed E-state index contributed by atoms with van der Waals surface area (Å²) in [5.41, 5.74) is 0.577. The topological polar surface area (TPSA) is 73.2 Å². The average molecular weight is 417 g/mol. The summed E-state index contributed by atoms with van der Waals surface area (Å²) in [6.07, 6.45) is -3.31. The highest BCUT2D eigenvalue weighted by Gasteiger charge is 2.34. The van der Waals surface area contributed by atoms with E-state index in [4.69, 9.17) is 0 Å². The number of amides is 1. The van der Waals surface area contributed by atoms with E-state index in [1.807, 2.05) is 0 Å². The zero-order chi connectivity index (χ0) is 21.9. The Morgan fingerprint density at radius 1 is 1.10 bits per heavy atom. The van der Waals surface area contributed by atoms with Crippen molar-refractivity contribution in [1.82, 2.24) is 15.1 Å². The molecule has 0 saturated carbocycles. The van der Waals surface area contributed by atoms with E-state index >= 15 is 0 Å². The average Bonchev–Trinajstić information content (AvgIpc) is 3.12. The third-order valence-corrected chi connectivity index (χ3v) is 4.52. The molecule has 0 fully saturated rings. The molecule has 1 heterocycles. The number of halogens is 3. The van der Waals surface area contributed by atoms with E-state index in [-0.39, 0.29) is 23.5 Å². The van der Waals surface area contributed by atoms with Crippen LogP contribution in [0, 0.1) is 6.92 Å². The molecule has 0 unspecified atom stereocenters. The molecule has 9 heteroatoms. The van der Waals surface area contributed by atoms with Crippen molar-refractivity contribution in [3.05, 3.63) is 82.7 Å². The van der Waals surface area contributed by atoms with Gasteiger partial charge in [-0.3, -0.25) is 4.79 Å². The summed E-state index contributed by atoms with van der Waals surface area (Å²) in [7, 11) is 1.28. The molecular formula is C21H18F3N3O3. The summed E-state index contributed by atoms with van der Waals surface area (Å²) >= 11 is 0. The van der Waals surface area contributed by atoms with Gasteiger partial charge in [0.1, 0.15) is 0 Å². The van der Waals surface area contributed by atoms with E-state index in [9.17, 15) is 22.8 Å². The first kappa shape index (κ1) is 21.1. The van der Waals surface area contributed by atoms with Gasteiger partial charge in [0.2, 0.25) is 0 Å². The van der Waals surface area contributed by atoms with Gasteiger partial charge >= 0.3 is 12.1 Å². The standard InChI is InChI=1S/C21H18F3N3O3/c1-13-16(12-26-27(13)18-6-4-3-5-17(18)21(22,23)24)19(28)25-11-14-7-9-15(10-8-14)20(29)30-2/h3-10,12H,11H2,1-2H3,(H,25,28). The molecule has 0 radical (unpaired) electrons. The number of nitrogens with zero attached hydrogens (tertiary/aromatic N) is 2. The van der Waals surface area contributed by atoms with Crippen molar-refractivity contribution in [3.63, 3.8) is 0 Å². The van der Waals surface area contributed by atoms with Crippen LogP contribution >= 0.6 is 0 Å². The third-order valence-electron chi connectivity index (χ3n) is 4.52. The first-order valence-corrected chi connectivity index (χ1v) is 8.89. The molecule has 156 valence electrons. The second-order valence-electron chi connectivity index (χ2n) is 6.44. The largest absolute Gasteiger partial charge is 0.465 e. The van der Waals surface area contributed by atoms with Crippen LogP contribution in [0.3, 0.4) is 0 Å². The number of ether oxygens (including phenoxy) is 1. The van der Waals surface area contributed by atoms with Gasteiger partial charge in [-0.2, -0.15) is 18.3 Å². The normalized spacial score (nSPS) is 11.2. The Morgan fingerprint density at radius 2 is 1.77 bits per heavy atom. The molecule has 0 aliphatic carbocycles.